The first-order valence-corrected chi connectivity index (χ1v) is 6.87. The highest BCUT2D eigenvalue weighted by atomic mass is 19.1. The maximum absolute atomic E-state index is 13.6. The number of nitrogens with one attached hydrogen (secondary N) is 1. The van der Waals surface area contributed by atoms with Gasteiger partial charge in [-0.05, 0) is 24.5 Å². The molecule has 0 aliphatic carbocycles. The monoisotopic (exact) mass is 275 g/mol. The number of hydrogen-bond donors (Lipinski definition) is 2. The molecule has 2 N–H and O–H groups in total. The minimum Gasteiger partial charge on any atom is -0.380 e. The molecule has 106 valence electrons. The van der Waals surface area contributed by atoms with Gasteiger partial charge in [0, 0.05) is 36.7 Å². The van der Waals surface area contributed by atoms with Crippen molar-refractivity contribution in [3.05, 3.63) is 47.8 Å². The molecule has 1 saturated heterocycles. The van der Waals surface area contributed by atoms with Crippen LogP contribution in [0.3, 0.4) is 0 Å². The second-order valence-corrected chi connectivity index (χ2v) is 5.42. The van der Waals surface area contributed by atoms with Crippen LogP contribution in [0.1, 0.15) is 30.8 Å². The van der Waals surface area contributed by atoms with Gasteiger partial charge in [0.15, 0.2) is 0 Å². The van der Waals surface area contributed by atoms with Crippen molar-refractivity contribution in [2.75, 3.05) is 18.0 Å². The number of aliphatic hydroxyl groups is 1. The summed E-state index contributed by atoms with van der Waals surface area (Å²) in [6.45, 7) is 3.96. The van der Waals surface area contributed by atoms with Gasteiger partial charge in [0.2, 0.25) is 0 Å². The summed E-state index contributed by atoms with van der Waals surface area (Å²) in [6, 6.07) is 4.52. The van der Waals surface area contributed by atoms with Crippen LogP contribution < -0.4 is 4.90 Å². The molecule has 0 saturated carbocycles. The number of aromatic nitrogens is 2. The number of anilines is 1. The zero-order valence-corrected chi connectivity index (χ0v) is 11.4. The molecule has 4 nitrogen and oxygen atoms in total. The van der Waals surface area contributed by atoms with E-state index in [0.717, 1.165) is 25.2 Å². The Bertz CT molecular complexity index is 585. The summed E-state index contributed by atoms with van der Waals surface area (Å²) in [4.78, 5) is 9.12. The Labute approximate surface area is 117 Å². The summed E-state index contributed by atoms with van der Waals surface area (Å²) in [7, 11) is 0. The Morgan fingerprint density at radius 2 is 2.35 bits per heavy atom. The quantitative estimate of drug-likeness (QED) is 0.904. The number of rotatable bonds is 3. The third kappa shape index (κ3) is 2.41. The van der Waals surface area contributed by atoms with E-state index in [-0.39, 0.29) is 5.82 Å². The van der Waals surface area contributed by atoms with Crippen molar-refractivity contribution in [1.82, 2.24) is 9.97 Å². The van der Waals surface area contributed by atoms with Crippen LogP contribution in [0.5, 0.6) is 0 Å². The van der Waals surface area contributed by atoms with E-state index in [0.29, 0.717) is 17.3 Å². The van der Waals surface area contributed by atoms with Gasteiger partial charge in [0.05, 0.1) is 0 Å². The number of hydrogen-bond acceptors (Lipinski definition) is 3. The fourth-order valence-corrected chi connectivity index (χ4v) is 2.75. The molecule has 0 amide bonds. The Kier molecular flexibility index (Phi) is 3.44. The fourth-order valence-electron chi connectivity index (χ4n) is 2.75. The minimum absolute atomic E-state index is 0.282. The molecule has 1 aliphatic heterocycles. The molecule has 1 aromatic carbocycles. The van der Waals surface area contributed by atoms with Crippen LogP contribution in [0.25, 0.3) is 0 Å². The topological polar surface area (TPSA) is 52.1 Å². The molecule has 2 atom stereocenters. The number of benzene rings is 1. The lowest BCUT2D eigenvalue weighted by Gasteiger charge is -2.23. The maximum Gasteiger partial charge on any atom is 0.139 e. The predicted molar refractivity (Wildman–Crippen MR) is 75.0 cm³/mol. The molecule has 0 bridgehead atoms. The zero-order chi connectivity index (χ0) is 14.1. The third-order valence-corrected chi connectivity index (χ3v) is 3.83. The molecule has 1 aliphatic rings. The first kappa shape index (κ1) is 13.1. The SMILES string of the molecule is C[C@@H]1CCN(c2cc(F)ccc2C(O)c2ncc[nH]2)C1. The van der Waals surface area contributed by atoms with E-state index >= 15 is 0 Å². The Morgan fingerprint density at radius 1 is 1.50 bits per heavy atom. The van der Waals surface area contributed by atoms with E-state index in [1.807, 2.05) is 0 Å². The van der Waals surface area contributed by atoms with Crippen LogP contribution in [0.15, 0.2) is 30.6 Å². The number of aromatic amines is 1. The Hall–Kier alpha value is -1.88. The van der Waals surface area contributed by atoms with Crippen molar-refractivity contribution in [2.45, 2.75) is 19.4 Å². The number of H-pyrrole nitrogens is 1. The summed E-state index contributed by atoms with van der Waals surface area (Å²) in [6.07, 6.45) is 3.49. The standard InChI is InChI=1S/C15H18FN3O/c1-10-4-7-19(9-10)13-8-11(16)2-3-12(13)14(20)15-17-5-6-18-15/h2-3,5-6,8,10,14,20H,4,7,9H2,1H3,(H,17,18)/t10-,14?/m1/s1. The first-order chi connectivity index (χ1) is 9.65. The Morgan fingerprint density at radius 3 is 3.00 bits per heavy atom. The average molecular weight is 275 g/mol. The number of halogens is 1. The summed E-state index contributed by atoms with van der Waals surface area (Å²) in [5.41, 5.74) is 1.45. The molecule has 5 heteroatoms. The van der Waals surface area contributed by atoms with E-state index in [1.54, 1.807) is 18.5 Å². The lowest BCUT2D eigenvalue weighted by Crippen LogP contribution is -2.22. The van der Waals surface area contributed by atoms with Crippen molar-refractivity contribution >= 4 is 5.69 Å². The van der Waals surface area contributed by atoms with Crippen LogP contribution in [-0.4, -0.2) is 28.2 Å². The molecule has 2 aromatic rings. The van der Waals surface area contributed by atoms with Crippen LogP contribution in [-0.2, 0) is 0 Å². The number of aliphatic hydroxyl groups excluding tert-OH is 1. The van der Waals surface area contributed by atoms with Gasteiger partial charge in [-0.3, -0.25) is 0 Å². The smallest absolute Gasteiger partial charge is 0.139 e. The summed E-state index contributed by atoms with van der Waals surface area (Å²) < 4.78 is 13.6. The van der Waals surface area contributed by atoms with Gasteiger partial charge in [0.1, 0.15) is 17.7 Å². The van der Waals surface area contributed by atoms with E-state index < -0.39 is 6.10 Å². The summed E-state index contributed by atoms with van der Waals surface area (Å²) in [5, 5.41) is 10.4. The number of imidazole rings is 1. The van der Waals surface area contributed by atoms with E-state index in [2.05, 4.69) is 21.8 Å². The van der Waals surface area contributed by atoms with E-state index in [1.165, 1.54) is 12.1 Å². The highest BCUT2D eigenvalue weighted by molar-refractivity contribution is 5.56. The molecule has 1 unspecified atom stereocenters. The van der Waals surface area contributed by atoms with Crippen molar-refractivity contribution in [1.29, 1.82) is 0 Å². The molecule has 1 fully saturated rings. The lowest BCUT2D eigenvalue weighted by atomic mass is 10.1. The molecule has 3 rings (SSSR count). The molecule has 20 heavy (non-hydrogen) atoms. The minimum atomic E-state index is -0.864. The van der Waals surface area contributed by atoms with Gasteiger partial charge in [-0.1, -0.05) is 13.0 Å². The zero-order valence-electron chi connectivity index (χ0n) is 11.4. The summed E-state index contributed by atoms with van der Waals surface area (Å²) in [5.74, 6) is 0.784. The third-order valence-electron chi connectivity index (χ3n) is 3.83. The van der Waals surface area contributed by atoms with Crippen LogP contribution >= 0.6 is 0 Å². The molecule has 1 aromatic heterocycles. The fraction of sp³-hybridized carbons (Fsp3) is 0.400. The largest absolute Gasteiger partial charge is 0.380 e. The van der Waals surface area contributed by atoms with Gasteiger partial charge in [-0.25, -0.2) is 9.37 Å². The van der Waals surface area contributed by atoms with Crippen LogP contribution in [0.4, 0.5) is 10.1 Å². The predicted octanol–water partition coefficient (Wildman–Crippen LogP) is 2.48. The lowest BCUT2D eigenvalue weighted by molar-refractivity contribution is 0.211. The Balaban J connectivity index is 1.98. The normalized spacial score (nSPS) is 20.4. The van der Waals surface area contributed by atoms with Crippen molar-refractivity contribution in [3.8, 4) is 0 Å². The van der Waals surface area contributed by atoms with Gasteiger partial charge in [-0.15, -0.1) is 0 Å². The number of nitrogens with zero attached hydrogens (tertiary/aromatic N) is 2. The molecule has 0 radical (unpaired) electrons. The van der Waals surface area contributed by atoms with Gasteiger partial charge >= 0.3 is 0 Å². The second kappa shape index (κ2) is 5.25. The van der Waals surface area contributed by atoms with Gasteiger partial charge in [-0.2, -0.15) is 0 Å². The molecular formula is C15H18FN3O. The van der Waals surface area contributed by atoms with Crippen molar-refractivity contribution < 1.29 is 9.50 Å². The second-order valence-electron chi connectivity index (χ2n) is 5.42. The first-order valence-electron chi connectivity index (χ1n) is 6.87. The average Bonchev–Trinajstić information content (AvgIpc) is 3.09. The highest BCUT2D eigenvalue weighted by Gasteiger charge is 2.25. The molecule has 2 heterocycles. The van der Waals surface area contributed by atoms with E-state index in [4.69, 9.17) is 0 Å². The van der Waals surface area contributed by atoms with Crippen molar-refractivity contribution in [2.24, 2.45) is 5.92 Å². The van der Waals surface area contributed by atoms with Crippen LogP contribution in [0.2, 0.25) is 0 Å². The van der Waals surface area contributed by atoms with Crippen LogP contribution in [0, 0.1) is 11.7 Å². The van der Waals surface area contributed by atoms with Gasteiger partial charge < -0.3 is 15.0 Å². The highest BCUT2D eigenvalue weighted by Crippen LogP contribution is 2.33. The van der Waals surface area contributed by atoms with E-state index in [9.17, 15) is 9.50 Å². The van der Waals surface area contributed by atoms with Gasteiger partial charge in [0.25, 0.3) is 0 Å². The molecule has 0 spiro atoms. The molecular weight excluding hydrogens is 257 g/mol. The maximum atomic E-state index is 13.6. The summed E-state index contributed by atoms with van der Waals surface area (Å²) >= 11 is 0. The van der Waals surface area contributed by atoms with Crippen molar-refractivity contribution in [3.63, 3.8) is 0 Å².